The molecule has 7 nitrogen and oxygen atoms in total. The molecule has 0 saturated carbocycles. The third-order valence-electron chi connectivity index (χ3n) is 4.33. The lowest BCUT2D eigenvalue weighted by Gasteiger charge is -2.30. The van der Waals surface area contributed by atoms with E-state index in [0.29, 0.717) is 0 Å². The summed E-state index contributed by atoms with van der Waals surface area (Å²) in [6, 6.07) is 5.01. The third-order valence-corrected chi connectivity index (χ3v) is 5.79. The van der Waals surface area contributed by atoms with Gasteiger partial charge in [0.25, 0.3) is 0 Å². The minimum atomic E-state index is -3.58. The van der Waals surface area contributed by atoms with E-state index in [1.54, 1.807) is 18.2 Å². The Bertz CT molecular complexity index is 683. The van der Waals surface area contributed by atoms with Gasteiger partial charge < -0.3 is 4.90 Å². The van der Waals surface area contributed by atoms with E-state index in [-0.39, 0.29) is 23.8 Å². The van der Waals surface area contributed by atoms with Crippen LogP contribution in [0.15, 0.2) is 23.1 Å². The van der Waals surface area contributed by atoms with E-state index in [4.69, 9.17) is 0 Å². The van der Waals surface area contributed by atoms with Crippen molar-refractivity contribution in [1.29, 1.82) is 0 Å². The first kappa shape index (κ1) is 18.9. The van der Waals surface area contributed by atoms with Crippen LogP contribution < -0.4 is 15.0 Å². The second kappa shape index (κ2) is 8.06. The average molecular weight is 355 g/mol. The van der Waals surface area contributed by atoms with Gasteiger partial charge >= 0.3 is 0 Å². The minimum absolute atomic E-state index is 0.0834. The number of hydrogen-bond donors (Lipinski definition) is 3. The number of carbonyl (C=O) groups excluding carboxylic acids is 1. The molecule has 0 aliphatic carbocycles. The molecule has 1 amide bonds. The largest absolute Gasteiger partial charge is 0.335 e. The Hall–Kier alpha value is -1.48. The summed E-state index contributed by atoms with van der Waals surface area (Å²) in [7, 11) is -1.46. The number of sulfonamides is 1. The fourth-order valence-corrected chi connectivity index (χ4v) is 3.61. The number of amides is 1. The molecule has 2 rings (SSSR count). The molecule has 0 bridgehead atoms. The van der Waals surface area contributed by atoms with Gasteiger partial charge in [-0.2, -0.15) is 0 Å². The molecule has 134 valence electrons. The molecular weight excluding hydrogens is 328 g/mol. The summed E-state index contributed by atoms with van der Waals surface area (Å²) in [5.41, 5.74) is 4.80. The Kier molecular flexibility index (Phi) is 6.34. The van der Waals surface area contributed by atoms with Gasteiger partial charge in [-0.1, -0.05) is 6.07 Å². The number of benzene rings is 1. The Labute approximate surface area is 144 Å². The molecule has 1 aromatic rings. The van der Waals surface area contributed by atoms with Crippen LogP contribution in [0.5, 0.6) is 0 Å². The average Bonchev–Trinajstić information content (AvgIpc) is 2.52. The number of quaternary nitrogens is 1. The molecule has 0 unspecified atom stereocenters. The monoisotopic (exact) mass is 355 g/mol. The maximum Gasteiger partial charge on any atom is 0.240 e. The van der Waals surface area contributed by atoms with Gasteiger partial charge in [-0.05, 0) is 37.1 Å². The Morgan fingerprint density at radius 2 is 1.88 bits per heavy atom. The van der Waals surface area contributed by atoms with Crippen LogP contribution in [0.1, 0.15) is 17.5 Å². The van der Waals surface area contributed by atoms with Crippen LogP contribution in [-0.4, -0.2) is 59.1 Å². The Morgan fingerprint density at radius 1 is 1.21 bits per heavy atom. The molecule has 0 atom stereocenters. The van der Waals surface area contributed by atoms with Crippen molar-refractivity contribution in [3.8, 4) is 0 Å². The maximum atomic E-state index is 12.2. The van der Waals surface area contributed by atoms with Gasteiger partial charge in [0.05, 0.1) is 38.1 Å². The topological polar surface area (TPSA) is 82.9 Å². The number of piperazine rings is 1. The third kappa shape index (κ3) is 5.27. The van der Waals surface area contributed by atoms with Crippen molar-refractivity contribution in [3.05, 3.63) is 29.3 Å². The zero-order chi connectivity index (χ0) is 17.7. The normalized spacial score (nSPS) is 17.0. The van der Waals surface area contributed by atoms with Crippen molar-refractivity contribution in [2.45, 2.75) is 25.2 Å². The standard InChI is InChI=1S/C16H26N4O3S/c1-13-4-5-15(12-14(13)2)24(22,23)17-7-6-16(21)18-20-10-8-19(3)9-11-20/h4-5,12,17H,6-11H2,1-3H3,(H,18,21)/p+1. The molecule has 8 heteroatoms. The number of aryl methyl sites for hydroxylation is 2. The number of nitrogens with one attached hydrogen (secondary N) is 3. The van der Waals surface area contributed by atoms with E-state index in [1.807, 2.05) is 18.9 Å². The molecule has 3 N–H and O–H groups in total. The van der Waals surface area contributed by atoms with Gasteiger partial charge in [0.15, 0.2) is 0 Å². The number of rotatable bonds is 6. The highest BCUT2D eigenvalue weighted by Crippen LogP contribution is 2.14. The molecule has 0 radical (unpaired) electrons. The van der Waals surface area contributed by atoms with Gasteiger partial charge in [0.1, 0.15) is 0 Å². The second-order valence-corrected chi connectivity index (χ2v) is 8.14. The lowest BCUT2D eigenvalue weighted by molar-refractivity contribution is -0.884. The summed E-state index contributed by atoms with van der Waals surface area (Å²) >= 11 is 0. The summed E-state index contributed by atoms with van der Waals surface area (Å²) in [6.45, 7) is 7.49. The van der Waals surface area contributed by atoms with Crippen molar-refractivity contribution in [3.63, 3.8) is 0 Å². The molecule has 1 aromatic carbocycles. The zero-order valence-corrected chi connectivity index (χ0v) is 15.4. The number of hydrazine groups is 1. The number of likely N-dealkylation sites (N-methyl/N-ethyl adjacent to an activating group) is 1. The second-order valence-electron chi connectivity index (χ2n) is 6.37. The van der Waals surface area contributed by atoms with Gasteiger partial charge in [-0.15, -0.1) is 0 Å². The van der Waals surface area contributed by atoms with E-state index in [1.165, 1.54) is 4.90 Å². The van der Waals surface area contributed by atoms with Crippen LogP contribution in [0.2, 0.25) is 0 Å². The van der Waals surface area contributed by atoms with Gasteiger partial charge in [-0.25, -0.2) is 18.1 Å². The smallest absolute Gasteiger partial charge is 0.240 e. The first-order chi connectivity index (χ1) is 11.3. The van der Waals surface area contributed by atoms with Crippen molar-refractivity contribution >= 4 is 15.9 Å². The summed E-state index contributed by atoms with van der Waals surface area (Å²) in [6.07, 6.45) is 0.114. The summed E-state index contributed by atoms with van der Waals surface area (Å²) in [5, 5.41) is 1.90. The van der Waals surface area contributed by atoms with Gasteiger partial charge in [-0.3, -0.25) is 10.2 Å². The van der Waals surface area contributed by atoms with Crippen LogP contribution in [-0.2, 0) is 14.8 Å². The van der Waals surface area contributed by atoms with E-state index in [2.05, 4.69) is 17.2 Å². The Morgan fingerprint density at radius 3 is 2.50 bits per heavy atom. The number of hydrogen-bond acceptors (Lipinski definition) is 4. The molecule has 24 heavy (non-hydrogen) atoms. The lowest BCUT2D eigenvalue weighted by atomic mass is 10.1. The van der Waals surface area contributed by atoms with Crippen molar-refractivity contribution in [2.24, 2.45) is 0 Å². The summed E-state index contributed by atoms with van der Waals surface area (Å²) in [4.78, 5) is 13.6. The zero-order valence-electron chi connectivity index (χ0n) is 14.6. The highest BCUT2D eigenvalue weighted by Gasteiger charge is 2.19. The summed E-state index contributed by atoms with van der Waals surface area (Å²) in [5.74, 6) is -0.169. The molecular formula is C16H27N4O3S+. The molecule has 0 aromatic heterocycles. The number of nitrogens with zero attached hydrogens (tertiary/aromatic N) is 1. The number of carbonyl (C=O) groups is 1. The van der Waals surface area contributed by atoms with Crippen LogP contribution in [0.3, 0.4) is 0 Å². The van der Waals surface area contributed by atoms with Gasteiger partial charge in [0, 0.05) is 13.0 Å². The lowest BCUT2D eigenvalue weighted by Crippen LogP contribution is -3.12. The van der Waals surface area contributed by atoms with E-state index >= 15 is 0 Å². The van der Waals surface area contributed by atoms with Crippen molar-refractivity contribution in [2.75, 3.05) is 39.8 Å². The first-order valence-electron chi connectivity index (χ1n) is 8.20. The minimum Gasteiger partial charge on any atom is -0.335 e. The quantitative estimate of drug-likeness (QED) is 0.601. The van der Waals surface area contributed by atoms with E-state index < -0.39 is 10.0 Å². The molecule has 1 fully saturated rings. The van der Waals surface area contributed by atoms with Gasteiger partial charge in [0.2, 0.25) is 15.9 Å². The molecule has 1 aliphatic heterocycles. The highest BCUT2D eigenvalue weighted by molar-refractivity contribution is 7.89. The molecule has 1 aliphatic rings. The maximum absolute atomic E-state index is 12.2. The van der Waals surface area contributed by atoms with Crippen molar-refractivity contribution < 1.29 is 18.1 Å². The molecule has 1 saturated heterocycles. The SMILES string of the molecule is Cc1ccc(S(=O)(=O)NCCC(=O)NN2CC[NH+](C)CC2)cc1C. The predicted octanol–water partition coefficient (Wildman–Crippen LogP) is -1.17. The molecule has 1 heterocycles. The van der Waals surface area contributed by atoms with Crippen LogP contribution >= 0.6 is 0 Å². The van der Waals surface area contributed by atoms with Crippen molar-refractivity contribution in [1.82, 2.24) is 15.2 Å². The van der Waals surface area contributed by atoms with E-state index in [9.17, 15) is 13.2 Å². The van der Waals surface area contributed by atoms with Crippen LogP contribution in [0, 0.1) is 13.8 Å². The Balaban J connectivity index is 1.80. The molecule has 0 spiro atoms. The van der Waals surface area contributed by atoms with Crippen LogP contribution in [0.25, 0.3) is 0 Å². The van der Waals surface area contributed by atoms with E-state index in [0.717, 1.165) is 37.3 Å². The fourth-order valence-electron chi connectivity index (χ4n) is 2.50. The summed E-state index contributed by atoms with van der Waals surface area (Å²) < 4.78 is 27.0. The first-order valence-corrected chi connectivity index (χ1v) is 9.69. The van der Waals surface area contributed by atoms with Crippen LogP contribution in [0.4, 0.5) is 0 Å². The highest BCUT2D eigenvalue weighted by atomic mass is 32.2. The fraction of sp³-hybridized carbons (Fsp3) is 0.562. The predicted molar refractivity (Wildman–Crippen MR) is 92.1 cm³/mol.